The highest BCUT2D eigenvalue weighted by molar-refractivity contribution is 5.89. The van der Waals surface area contributed by atoms with Gasteiger partial charge in [0.05, 0.1) is 18.4 Å². The molecule has 0 aliphatic carbocycles. The molecule has 1 aromatic heterocycles. The van der Waals surface area contributed by atoms with Crippen LogP contribution in [-0.4, -0.2) is 39.4 Å². The molecule has 2 aliphatic rings. The summed E-state index contributed by atoms with van der Waals surface area (Å²) in [7, 11) is 0. The Hall–Kier alpha value is -2.38. The maximum atomic E-state index is 12.4. The summed E-state index contributed by atoms with van der Waals surface area (Å²) in [5.41, 5.74) is 6.88. The SMILES string of the molecule is NC(=O)C1c2cn[nH]c2CN1C(=O)CCC1CCC(=O)NC1. The number of amides is 3. The third-order valence-electron chi connectivity index (χ3n) is 4.41. The van der Waals surface area contributed by atoms with E-state index in [4.69, 9.17) is 5.73 Å². The van der Waals surface area contributed by atoms with Gasteiger partial charge >= 0.3 is 0 Å². The number of piperidine rings is 1. The second-order valence-corrected chi connectivity index (χ2v) is 5.88. The number of nitrogens with one attached hydrogen (secondary N) is 2. The molecular formula is C14H19N5O3. The molecule has 2 atom stereocenters. The fourth-order valence-electron chi connectivity index (χ4n) is 3.15. The molecule has 1 fully saturated rings. The van der Waals surface area contributed by atoms with Crippen LogP contribution in [0, 0.1) is 5.92 Å². The summed E-state index contributed by atoms with van der Waals surface area (Å²) in [6.07, 6.45) is 3.92. The molecule has 3 rings (SSSR count). The van der Waals surface area contributed by atoms with Gasteiger partial charge in [-0.1, -0.05) is 0 Å². The fraction of sp³-hybridized carbons (Fsp3) is 0.571. The van der Waals surface area contributed by atoms with Gasteiger partial charge in [0.1, 0.15) is 6.04 Å². The van der Waals surface area contributed by atoms with Crippen molar-refractivity contribution in [1.82, 2.24) is 20.4 Å². The number of primary amides is 1. The van der Waals surface area contributed by atoms with Crippen LogP contribution in [0.3, 0.4) is 0 Å². The smallest absolute Gasteiger partial charge is 0.245 e. The molecule has 0 spiro atoms. The van der Waals surface area contributed by atoms with Crippen LogP contribution in [0.4, 0.5) is 0 Å². The summed E-state index contributed by atoms with van der Waals surface area (Å²) >= 11 is 0. The van der Waals surface area contributed by atoms with Crippen LogP contribution in [0.2, 0.25) is 0 Å². The van der Waals surface area contributed by atoms with Gasteiger partial charge in [0, 0.05) is 24.9 Å². The molecule has 1 saturated heterocycles. The van der Waals surface area contributed by atoms with Crippen LogP contribution in [0.1, 0.15) is 43.0 Å². The topological polar surface area (TPSA) is 121 Å². The third-order valence-corrected chi connectivity index (χ3v) is 4.41. The highest BCUT2D eigenvalue weighted by Gasteiger charge is 2.38. The molecule has 2 aliphatic heterocycles. The van der Waals surface area contributed by atoms with E-state index in [0.717, 1.165) is 12.1 Å². The lowest BCUT2D eigenvalue weighted by Gasteiger charge is -2.25. The zero-order chi connectivity index (χ0) is 15.7. The highest BCUT2D eigenvalue weighted by Crippen LogP contribution is 2.33. The molecule has 0 bridgehead atoms. The molecule has 3 amide bonds. The molecule has 22 heavy (non-hydrogen) atoms. The summed E-state index contributed by atoms with van der Waals surface area (Å²) in [6.45, 7) is 0.956. The van der Waals surface area contributed by atoms with Crippen molar-refractivity contribution in [2.45, 2.75) is 38.3 Å². The van der Waals surface area contributed by atoms with Crippen molar-refractivity contribution < 1.29 is 14.4 Å². The van der Waals surface area contributed by atoms with Crippen LogP contribution < -0.4 is 11.1 Å². The highest BCUT2D eigenvalue weighted by atomic mass is 16.2. The number of nitrogens with zero attached hydrogens (tertiary/aromatic N) is 2. The molecule has 0 saturated carbocycles. The van der Waals surface area contributed by atoms with E-state index in [1.54, 1.807) is 6.20 Å². The first-order chi connectivity index (χ1) is 10.6. The number of carbonyl (C=O) groups excluding carboxylic acids is 3. The van der Waals surface area contributed by atoms with Crippen molar-refractivity contribution >= 4 is 17.7 Å². The fourth-order valence-corrected chi connectivity index (χ4v) is 3.15. The number of carbonyl (C=O) groups is 3. The Bertz CT molecular complexity index is 601. The number of nitrogens with two attached hydrogens (primary N) is 1. The van der Waals surface area contributed by atoms with Crippen molar-refractivity contribution in [1.29, 1.82) is 0 Å². The zero-order valence-corrected chi connectivity index (χ0v) is 12.2. The van der Waals surface area contributed by atoms with E-state index in [1.807, 2.05) is 0 Å². The lowest BCUT2D eigenvalue weighted by molar-refractivity contribution is -0.139. The van der Waals surface area contributed by atoms with Crippen LogP contribution >= 0.6 is 0 Å². The molecular weight excluding hydrogens is 286 g/mol. The van der Waals surface area contributed by atoms with Gasteiger partial charge in [-0.2, -0.15) is 5.10 Å². The average molecular weight is 305 g/mol. The minimum Gasteiger partial charge on any atom is -0.368 e. The van der Waals surface area contributed by atoms with Gasteiger partial charge in [-0.15, -0.1) is 0 Å². The van der Waals surface area contributed by atoms with Crippen LogP contribution in [0.25, 0.3) is 0 Å². The normalized spacial score (nSPS) is 24.0. The van der Waals surface area contributed by atoms with Crippen molar-refractivity contribution in [3.05, 3.63) is 17.5 Å². The van der Waals surface area contributed by atoms with Gasteiger partial charge in [0.15, 0.2) is 0 Å². The Balaban J connectivity index is 1.59. The lowest BCUT2D eigenvalue weighted by Crippen LogP contribution is -2.38. The largest absolute Gasteiger partial charge is 0.368 e. The van der Waals surface area contributed by atoms with Gasteiger partial charge in [0.25, 0.3) is 0 Å². The van der Waals surface area contributed by atoms with Crippen LogP contribution in [0.5, 0.6) is 0 Å². The molecule has 1 aromatic rings. The summed E-state index contributed by atoms with van der Waals surface area (Å²) in [4.78, 5) is 36.7. The molecule has 3 heterocycles. The number of aromatic nitrogens is 2. The maximum absolute atomic E-state index is 12.4. The van der Waals surface area contributed by atoms with E-state index >= 15 is 0 Å². The van der Waals surface area contributed by atoms with E-state index in [0.29, 0.717) is 43.8 Å². The third kappa shape index (κ3) is 2.68. The Morgan fingerprint density at radius 2 is 2.27 bits per heavy atom. The van der Waals surface area contributed by atoms with E-state index in [1.165, 1.54) is 4.90 Å². The molecule has 2 unspecified atom stereocenters. The quantitative estimate of drug-likeness (QED) is 0.699. The van der Waals surface area contributed by atoms with Gasteiger partial charge in [-0.25, -0.2) is 0 Å². The van der Waals surface area contributed by atoms with Crippen molar-refractivity contribution in [2.75, 3.05) is 6.54 Å². The molecule has 8 nitrogen and oxygen atoms in total. The molecule has 4 N–H and O–H groups in total. The first-order valence-corrected chi connectivity index (χ1v) is 7.44. The monoisotopic (exact) mass is 305 g/mol. The molecule has 0 aromatic carbocycles. The summed E-state index contributed by atoms with van der Waals surface area (Å²) < 4.78 is 0. The molecule has 8 heteroatoms. The average Bonchev–Trinajstić information content (AvgIpc) is 3.06. The van der Waals surface area contributed by atoms with E-state index in [9.17, 15) is 14.4 Å². The number of hydrogen-bond donors (Lipinski definition) is 3. The summed E-state index contributed by atoms with van der Waals surface area (Å²) in [5, 5.41) is 9.50. The Morgan fingerprint density at radius 3 is 2.95 bits per heavy atom. The Kier molecular flexibility index (Phi) is 3.82. The van der Waals surface area contributed by atoms with E-state index < -0.39 is 11.9 Å². The van der Waals surface area contributed by atoms with Crippen LogP contribution in [-0.2, 0) is 20.9 Å². The standard InChI is InChI=1S/C14H19N5O3/c15-14(22)13-9-6-17-18-10(9)7-19(13)12(21)4-2-8-1-3-11(20)16-5-8/h6,8,13H,1-5,7H2,(H2,15,22)(H,16,20)(H,17,18). The lowest BCUT2D eigenvalue weighted by atomic mass is 9.94. The Labute approximate surface area is 127 Å². The van der Waals surface area contributed by atoms with Gasteiger partial charge in [-0.05, 0) is 18.8 Å². The van der Waals surface area contributed by atoms with Gasteiger partial charge in [-0.3, -0.25) is 19.5 Å². The van der Waals surface area contributed by atoms with Crippen LogP contribution in [0.15, 0.2) is 6.20 Å². The molecule has 0 radical (unpaired) electrons. The maximum Gasteiger partial charge on any atom is 0.245 e. The number of H-pyrrole nitrogens is 1. The first-order valence-electron chi connectivity index (χ1n) is 7.44. The van der Waals surface area contributed by atoms with Gasteiger partial charge in [0.2, 0.25) is 17.7 Å². The van der Waals surface area contributed by atoms with Crippen molar-refractivity contribution in [3.63, 3.8) is 0 Å². The number of fused-ring (bicyclic) bond motifs is 1. The minimum absolute atomic E-state index is 0.0712. The number of hydrogen-bond acceptors (Lipinski definition) is 4. The van der Waals surface area contributed by atoms with E-state index in [2.05, 4.69) is 15.5 Å². The second kappa shape index (κ2) is 5.78. The predicted octanol–water partition coefficient (Wildman–Crippen LogP) is -0.415. The Morgan fingerprint density at radius 1 is 1.45 bits per heavy atom. The zero-order valence-electron chi connectivity index (χ0n) is 12.2. The van der Waals surface area contributed by atoms with E-state index in [-0.39, 0.29) is 11.8 Å². The summed E-state index contributed by atoms with van der Waals surface area (Å²) in [5.74, 6) is -0.249. The number of aromatic amines is 1. The summed E-state index contributed by atoms with van der Waals surface area (Å²) in [6, 6.07) is -0.729. The first kappa shape index (κ1) is 14.6. The predicted molar refractivity (Wildman–Crippen MR) is 76.0 cm³/mol. The molecule has 118 valence electrons. The van der Waals surface area contributed by atoms with Gasteiger partial charge < -0.3 is 16.0 Å². The minimum atomic E-state index is -0.729. The number of rotatable bonds is 4. The van der Waals surface area contributed by atoms with Crippen molar-refractivity contribution in [2.24, 2.45) is 11.7 Å². The van der Waals surface area contributed by atoms with Crippen molar-refractivity contribution in [3.8, 4) is 0 Å². The second-order valence-electron chi connectivity index (χ2n) is 5.88.